The lowest BCUT2D eigenvalue weighted by molar-refractivity contribution is -0.138. The summed E-state index contributed by atoms with van der Waals surface area (Å²) < 4.78 is 0. The topological polar surface area (TPSA) is 52.2 Å². The van der Waals surface area contributed by atoms with E-state index in [-0.39, 0.29) is 5.41 Å². The molecule has 2 fully saturated rings. The Morgan fingerprint density at radius 2 is 2.08 bits per heavy atom. The second kappa shape index (κ2) is 8.12. The quantitative estimate of drug-likeness (QED) is 0.805. The predicted octanol–water partition coefficient (Wildman–Crippen LogP) is 3.78. The molecule has 1 saturated carbocycles. The molecular formula is C21H36N4O. The lowest BCUT2D eigenvalue weighted by Crippen LogP contribution is -2.38. The summed E-state index contributed by atoms with van der Waals surface area (Å²) in [4.78, 5) is 17.5. The third-order valence-corrected chi connectivity index (χ3v) is 6.33. The molecule has 0 atom stereocenters. The first-order valence-corrected chi connectivity index (χ1v) is 10.4. The van der Waals surface area contributed by atoms with Crippen LogP contribution in [0.3, 0.4) is 0 Å². The molecule has 1 aliphatic carbocycles. The van der Waals surface area contributed by atoms with Crippen molar-refractivity contribution in [1.82, 2.24) is 20.0 Å². The minimum absolute atomic E-state index is 0.0649. The number of nitrogens with zero attached hydrogens (tertiary/aromatic N) is 3. The molecule has 5 heteroatoms. The summed E-state index contributed by atoms with van der Waals surface area (Å²) in [5, 5.41) is 7.61. The molecule has 0 radical (unpaired) electrons. The molecule has 1 spiro atoms. The highest BCUT2D eigenvalue weighted by molar-refractivity contribution is 5.85. The molecule has 5 nitrogen and oxygen atoms in total. The molecule has 2 aliphatic rings. The molecule has 146 valence electrons. The molecule has 26 heavy (non-hydrogen) atoms. The van der Waals surface area contributed by atoms with Gasteiger partial charge in [0.2, 0.25) is 5.91 Å². The highest BCUT2D eigenvalue weighted by Gasteiger charge is 2.48. The van der Waals surface area contributed by atoms with E-state index in [1.165, 1.54) is 17.7 Å². The molecule has 0 unspecified atom stereocenters. The number of hydrogen-bond acceptors (Lipinski definition) is 3. The van der Waals surface area contributed by atoms with Crippen LogP contribution >= 0.6 is 0 Å². The zero-order chi connectivity index (χ0) is 18.7. The van der Waals surface area contributed by atoms with Crippen LogP contribution < -0.4 is 0 Å². The van der Waals surface area contributed by atoms with Crippen molar-refractivity contribution in [3.8, 4) is 0 Å². The van der Waals surface area contributed by atoms with Crippen LogP contribution in [0.15, 0.2) is 6.20 Å². The Morgan fingerprint density at radius 1 is 1.35 bits per heavy atom. The minimum Gasteiger partial charge on any atom is -0.342 e. The zero-order valence-corrected chi connectivity index (χ0v) is 17.1. The number of amides is 1. The van der Waals surface area contributed by atoms with Gasteiger partial charge in [0.1, 0.15) is 0 Å². The molecule has 3 rings (SSSR count). The maximum absolute atomic E-state index is 13.0. The fraction of sp³-hybridized carbons (Fsp3) is 0.810. The van der Waals surface area contributed by atoms with E-state index in [2.05, 4.69) is 47.8 Å². The van der Waals surface area contributed by atoms with Gasteiger partial charge in [-0.05, 0) is 58.0 Å². The van der Waals surface area contributed by atoms with Crippen molar-refractivity contribution in [2.24, 2.45) is 11.3 Å². The first-order valence-electron chi connectivity index (χ1n) is 10.4. The molecule has 0 aromatic carbocycles. The monoisotopic (exact) mass is 360 g/mol. The molecular weight excluding hydrogens is 324 g/mol. The Morgan fingerprint density at radius 3 is 2.73 bits per heavy atom. The number of nitrogens with one attached hydrogen (secondary N) is 1. The maximum atomic E-state index is 13.0. The van der Waals surface area contributed by atoms with Crippen LogP contribution in [0.5, 0.6) is 0 Å². The largest absolute Gasteiger partial charge is 0.342 e. The fourth-order valence-electron chi connectivity index (χ4n) is 4.98. The van der Waals surface area contributed by atoms with Gasteiger partial charge in [0.15, 0.2) is 0 Å². The number of aromatic amines is 1. The number of rotatable bonds is 7. The number of carbonyl (C=O) groups excluding carboxylic acids is 1. The average Bonchev–Trinajstić information content (AvgIpc) is 3.16. The van der Waals surface area contributed by atoms with Gasteiger partial charge in [-0.1, -0.05) is 20.8 Å². The molecule has 1 amide bonds. The molecule has 2 heterocycles. The lowest BCUT2D eigenvalue weighted by atomic mass is 9.68. The molecule has 1 aromatic heterocycles. The Balaban J connectivity index is 1.61. The molecule has 1 aromatic rings. The van der Waals surface area contributed by atoms with E-state index in [0.717, 1.165) is 58.3 Å². The van der Waals surface area contributed by atoms with E-state index < -0.39 is 0 Å². The molecule has 1 saturated heterocycles. The maximum Gasteiger partial charge on any atom is 0.228 e. The van der Waals surface area contributed by atoms with Crippen LogP contribution in [-0.4, -0.2) is 52.6 Å². The van der Waals surface area contributed by atoms with Gasteiger partial charge in [-0.25, -0.2) is 0 Å². The van der Waals surface area contributed by atoms with Crippen LogP contribution in [0.2, 0.25) is 0 Å². The van der Waals surface area contributed by atoms with Gasteiger partial charge < -0.3 is 9.80 Å². The third kappa shape index (κ3) is 3.98. The number of hydrogen-bond donors (Lipinski definition) is 1. The second-order valence-corrected chi connectivity index (χ2v) is 9.00. The first-order chi connectivity index (χ1) is 12.4. The second-order valence-electron chi connectivity index (χ2n) is 9.00. The average molecular weight is 361 g/mol. The van der Waals surface area contributed by atoms with Crippen LogP contribution in [0.1, 0.15) is 76.5 Å². The summed E-state index contributed by atoms with van der Waals surface area (Å²) >= 11 is 0. The van der Waals surface area contributed by atoms with E-state index in [1.807, 2.05) is 6.20 Å². The van der Waals surface area contributed by atoms with Crippen LogP contribution in [0.25, 0.3) is 0 Å². The van der Waals surface area contributed by atoms with E-state index in [0.29, 0.717) is 17.7 Å². The Bertz CT molecular complexity index is 601. The molecule has 0 bridgehead atoms. The van der Waals surface area contributed by atoms with E-state index in [1.54, 1.807) is 0 Å². The van der Waals surface area contributed by atoms with E-state index in [4.69, 9.17) is 0 Å². The number of aromatic nitrogens is 2. The van der Waals surface area contributed by atoms with Crippen LogP contribution in [0.4, 0.5) is 0 Å². The van der Waals surface area contributed by atoms with Gasteiger partial charge in [0.05, 0.1) is 11.6 Å². The van der Waals surface area contributed by atoms with Crippen molar-refractivity contribution in [2.75, 3.05) is 26.7 Å². The zero-order valence-electron chi connectivity index (χ0n) is 17.1. The number of carbonyl (C=O) groups is 1. The summed E-state index contributed by atoms with van der Waals surface area (Å²) in [6, 6.07) is 0. The van der Waals surface area contributed by atoms with Crippen molar-refractivity contribution < 1.29 is 4.79 Å². The van der Waals surface area contributed by atoms with Gasteiger partial charge in [-0.3, -0.25) is 9.89 Å². The first kappa shape index (κ1) is 19.4. The van der Waals surface area contributed by atoms with Gasteiger partial charge >= 0.3 is 0 Å². The van der Waals surface area contributed by atoms with E-state index in [9.17, 15) is 4.79 Å². The van der Waals surface area contributed by atoms with Crippen molar-refractivity contribution in [1.29, 1.82) is 0 Å². The Labute approximate surface area is 158 Å². The highest BCUT2D eigenvalue weighted by Crippen LogP contribution is 2.49. The standard InChI is InChI=1S/C21H36N4O/c1-5-11-24(4)15-18-13-22-23-19(18)17-6-8-21(9-7-17)10-12-25(20(21)26)14-16(2)3/h13,16-17H,5-12,14-15H2,1-4H3,(H,22,23). The van der Waals surface area contributed by atoms with Crippen molar-refractivity contribution in [2.45, 2.75) is 71.8 Å². The van der Waals surface area contributed by atoms with Crippen molar-refractivity contribution in [3.63, 3.8) is 0 Å². The summed E-state index contributed by atoms with van der Waals surface area (Å²) in [7, 11) is 2.18. The van der Waals surface area contributed by atoms with Gasteiger partial charge in [0.25, 0.3) is 0 Å². The minimum atomic E-state index is -0.0649. The van der Waals surface area contributed by atoms with Gasteiger partial charge in [-0.2, -0.15) is 5.10 Å². The fourth-order valence-corrected chi connectivity index (χ4v) is 4.98. The van der Waals surface area contributed by atoms with E-state index >= 15 is 0 Å². The Kier molecular flexibility index (Phi) is 6.06. The lowest BCUT2D eigenvalue weighted by Gasteiger charge is -2.36. The normalized spacial score (nSPS) is 26.6. The van der Waals surface area contributed by atoms with Crippen molar-refractivity contribution in [3.05, 3.63) is 17.5 Å². The number of H-pyrrole nitrogens is 1. The van der Waals surface area contributed by atoms with Crippen LogP contribution in [-0.2, 0) is 11.3 Å². The summed E-state index contributed by atoms with van der Waals surface area (Å²) in [5.41, 5.74) is 2.58. The van der Waals surface area contributed by atoms with Gasteiger partial charge in [0, 0.05) is 36.8 Å². The molecule has 1 aliphatic heterocycles. The summed E-state index contributed by atoms with van der Waals surface area (Å²) in [6.45, 7) is 10.6. The number of likely N-dealkylation sites (tertiary alicyclic amines) is 1. The third-order valence-electron chi connectivity index (χ3n) is 6.33. The van der Waals surface area contributed by atoms with Crippen LogP contribution in [0, 0.1) is 11.3 Å². The summed E-state index contributed by atoms with van der Waals surface area (Å²) in [5.74, 6) is 1.51. The highest BCUT2D eigenvalue weighted by atomic mass is 16.2. The summed E-state index contributed by atoms with van der Waals surface area (Å²) in [6.07, 6.45) is 8.51. The Hall–Kier alpha value is -1.36. The SMILES string of the molecule is CCCN(C)Cc1cn[nH]c1C1CCC2(CC1)CCN(CC(C)C)C2=O. The molecule has 1 N–H and O–H groups in total. The predicted molar refractivity (Wildman–Crippen MR) is 105 cm³/mol. The van der Waals surface area contributed by atoms with Crippen molar-refractivity contribution >= 4 is 5.91 Å². The van der Waals surface area contributed by atoms with Gasteiger partial charge in [-0.15, -0.1) is 0 Å². The smallest absolute Gasteiger partial charge is 0.228 e.